The molecule has 0 radical (unpaired) electrons. The molecule has 0 saturated heterocycles. The average molecular weight is 276 g/mol. The van der Waals surface area contributed by atoms with Crippen LogP contribution in [-0.4, -0.2) is 13.4 Å². The van der Waals surface area contributed by atoms with Crippen LogP contribution in [0.4, 0.5) is 8.78 Å². The molecule has 0 amide bonds. The van der Waals surface area contributed by atoms with Crippen LogP contribution < -0.4 is 0 Å². The van der Waals surface area contributed by atoms with Gasteiger partial charge in [0.25, 0.3) is 15.5 Å². The lowest BCUT2D eigenvalue weighted by Gasteiger charge is -2.08. The average Bonchev–Trinajstić information content (AvgIpc) is 2.00. The molecule has 0 N–H and O–H groups in total. The summed E-state index contributed by atoms with van der Waals surface area (Å²) in [6, 6.07) is 0. The molecule has 0 aliphatic rings. The van der Waals surface area contributed by atoms with E-state index in [2.05, 4.69) is 4.98 Å². The summed E-state index contributed by atoms with van der Waals surface area (Å²) in [5.74, 6) is 0. The molecule has 0 aromatic carbocycles. The molecule has 1 aromatic heterocycles. The summed E-state index contributed by atoms with van der Waals surface area (Å²) in [5.41, 5.74) is -0.666. The van der Waals surface area contributed by atoms with Crippen molar-refractivity contribution in [2.75, 3.05) is 0 Å². The molecule has 0 atom stereocenters. The van der Waals surface area contributed by atoms with Crippen LogP contribution in [0.3, 0.4) is 0 Å². The largest absolute Gasteiger partial charge is 0.281 e. The van der Waals surface area contributed by atoms with Crippen molar-refractivity contribution in [3.05, 3.63) is 22.5 Å². The van der Waals surface area contributed by atoms with Crippen LogP contribution in [0.25, 0.3) is 0 Å². The normalized spacial score (nSPS) is 12.1. The molecular formula is C7H5Cl2F2NO2S. The first-order valence-corrected chi connectivity index (χ1v) is 6.31. The van der Waals surface area contributed by atoms with Crippen LogP contribution in [0.2, 0.25) is 5.02 Å². The van der Waals surface area contributed by atoms with Crippen molar-refractivity contribution in [1.29, 1.82) is 0 Å². The Hall–Kier alpha value is -0.460. The van der Waals surface area contributed by atoms with E-state index in [9.17, 15) is 17.2 Å². The number of halogens is 4. The lowest BCUT2D eigenvalue weighted by atomic mass is 10.3. The lowest BCUT2D eigenvalue weighted by Crippen LogP contribution is -2.02. The van der Waals surface area contributed by atoms with Gasteiger partial charge in [0.2, 0.25) is 0 Å². The van der Waals surface area contributed by atoms with Crippen molar-refractivity contribution in [3.8, 4) is 0 Å². The molecule has 1 rings (SSSR count). The molecule has 0 unspecified atom stereocenters. The summed E-state index contributed by atoms with van der Waals surface area (Å²) in [6.07, 6.45) is -1.96. The van der Waals surface area contributed by atoms with Crippen molar-refractivity contribution in [2.24, 2.45) is 0 Å². The summed E-state index contributed by atoms with van der Waals surface area (Å²) >= 11 is 5.49. The maximum atomic E-state index is 12.3. The minimum Gasteiger partial charge on any atom is -0.253 e. The molecule has 3 nitrogen and oxygen atoms in total. The Labute approximate surface area is 94.4 Å². The highest BCUT2D eigenvalue weighted by Gasteiger charge is 2.25. The van der Waals surface area contributed by atoms with Crippen molar-refractivity contribution in [3.63, 3.8) is 0 Å². The lowest BCUT2D eigenvalue weighted by molar-refractivity contribution is 0.146. The zero-order valence-electron chi connectivity index (χ0n) is 7.34. The fraction of sp³-hybridized carbons (Fsp3) is 0.286. The third kappa shape index (κ3) is 2.56. The van der Waals surface area contributed by atoms with Gasteiger partial charge in [-0.2, -0.15) is 0 Å². The summed E-state index contributed by atoms with van der Waals surface area (Å²) in [4.78, 5) is 2.83. The van der Waals surface area contributed by atoms with Crippen LogP contribution in [0.5, 0.6) is 0 Å². The van der Waals surface area contributed by atoms with Gasteiger partial charge in [-0.05, 0) is 12.5 Å². The Morgan fingerprint density at radius 3 is 2.40 bits per heavy atom. The SMILES string of the molecule is Cc1cnc(C(F)F)c(Cl)c1S(=O)(=O)Cl. The van der Waals surface area contributed by atoms with Crippen molar-refractivity contribution < 1.29 is 17.2 Å². The zero-order valence-corrected chi connectivity index (χ0v) is 9.67. The fourth-order valence-corrected chi connectivity index (χ4v) is 3.08. The third-order valence-electron chi connectivity index (χ3n) is 1.63. The summed E-state index contributed by atoms with van der Waals surface area (Å²) < 4.78 is 46.8. The van der Waals surface area contributed by atoms with E-state index in [-0.39, 0.29) is 5.56 Å². The predicted molar refractivity (Wildman–Crippen MR) is 52.0 cm³/mol. The molecule has 0 saturated carbocycles. The molecule has 0 aliphatic carbocycles. The van der Waals surface area contributed by atoms with E-state index in [1.165, 1.54) is 6.92 Å². The second-order valence-corrected chi connectivity index (χ2v) is 5.59. The summed E-state index contributed by atoms with van der Waals surface area (Å²) in [7, 11) is 0.908. The molecule has 84 valence electrons. The molecule has 1 aromatic rings. The molecule has 0 spiro atoms. The number of aryl methyl sites for hydroxylation is 1. The number of hydrogen-bond donors (Lipinski definition) is 0. The Bertz CT molecular complexity index is 490. The molecule has 8 heteroatoms. The number of alkyl halides is 2. The second-order valence-electron chi connectivity index (χ2n) is 2.71. The van der Waals surface area contributed by atoms with Gasteiger partial charge in [-0.15, -0.1) is 0 Å². The van der Waals surface area contributed by atoms with Gasteiger partial charge in [0, 0.05) is 16.9 Å². The van der Waals surface area contributed by atoms with Gasteiger partial charge in [0.15, 0.2) is 0 Å². The van der Waals surface area contributed by atoms with Gasteiger partial charge in [-0.1, -0.05) is 11.6 Å². The molecule has 0 aliphatic heterocycles. The Kier molecular flexibility index (Phi) is 3.52. The van der Waals surface area contributed by atoms with Gasteiger partial charge in [-0.25, -0.2) is 17.2 Å². The number of rotatable bonds is 2. The Morgan fingerprint density at radius 2 is 2.00 bits per heavy atom. The van der Waals surface area contributed by atoms with Crippen LogP contribution in [-0.2, 0) is 9.05 Å². The number of pyridine rings is 1. The Morgan fingerprint density at radius 1 is 1.47 bits per heavy atom. The fourth-order valence-electron chi connectivity index (χ4n) is 1.02. The minimum atomic E-state index is -4.15. The van der Waals surface area contributed by atoms with Gasteiger partial charge in [0.05, 0.1) is 5.02 Å². The number of aromatic nitrogens is 1. The number of hydrogen-bond acceptors (Lipinski definition) is 3. The second kappa shape index (κ2) is 4.19. The highest BCUT2D eigenvalue weighted by atomic mass is 35.7. The first kappa shape index (κ1) is 12.6. The third-order valence-corrected chi connectivity index (χ3v) is 3.60. The first-order chi connectivity index (χ1) is 6.75. The minimum absolute atomic E-state index is 0.124. The summed E-state index contributed by atoms with van der Waals surface area (Å²) in [5, 5.41) is -0.625. The molecule has 15 heavy (non-hydrogen) atoms. The topological polar surface area (TPSA) is 47.0 Å². The standard InChI is InChI=1S/C7H5Cl2F2NO2S/c1-3-2-12-5(7(10)11)4(8)6(3)15(9,13)14/h2,7H,1H3. The smallest absolute Gasteiger partial charge is 0.253 e. The monoisotopic (exact) mass is 275 g/mol. The molecule has 1 heterocycles. The highest BCUT2D eigenvalue weighted by Crippen LogP contribution is 2.33. The Balaban J connectivity index is 3.59. The molecule has 0 bridgehead atoms. The van der Waals surface area contributed by atoms with E-state index >= 15 is 0 Å². The predicted octanol–water partition coefficient (Wildman–Crippen LogP) is 2.91. The van der Waals surface area contributed by atoms with Gasteiger partial charge in [-0.3, -0.25) is 4.98 Å². The van der Waals surface area contributed by atoms with Gasteiger partial charge in [0.1, 0.15) is 10.6 Å². The van der Waals surface area contributed by atoms with E-state index in [4.69, 9.17) is 22.3 Å². The van der Waals surface area contributed by atoms with Crippen LogP contribution in [0, 0.1) is 6.92 Å². The first-order valence-electron chi connectivity index (χ1n) is 3.63. The van der Waals surface area contributed by atoms with Crippen LogP contribution in [0.1, 0.15) is 17.7 Å². The van der Waals surface area contributed by atoms with Gasteiger partial charge < -0.3 is 0 Å². The molecular weight excluding hydrogens is 271 g/mol. The van der Waals surface area contributed by atoms with Gasteiger partial charge >= 0.3 is 0 Å². The van der Waals surface area contributed by atoms with Crippen molar-refractivity contribution >= 4 is 31.3 Å². The van der Waals surface area contributed by atoms with Crippen molar-refractivity contribution in [1.82, 2.24) is 4.98 Å². The van der Waals surface area contributed by atoms with E-state index < -0.39 is 31.1 Å². The molecule has 0 fully saturated rings. The van der Waals surface area contributed by atoms with E-state index in [0.717, 1.165) is 6.20 Å². The zero-order chi connectivity index (χ0) is 11.8. The quantitative estimate of drug-likeness (QED) is 0.780. The van der Waals surface area contributed by atoms with Crippen molar-refractivity contribution in [2.45, 2.75) is 18.2 Å². The maximum Gasteiger partial charge on any atom is 0.281 e. The van der Waals surface area contributed by atoms with E-state index in [0.29, 0.717) is 0 Å². The van der Waals surface area contributed by atoms with E-state index in [1.54, 1.807) is 0 Å². The van der Waals surface area contributed by atoms with Crippen LogP contribution >= 0.6 is 22.3 Å². The number of nitrogens with zero attached hydrogens (tertiary/aromatic N) is 1. The van der Waals surface area contributed by atoms with E-state index in [1.807, 2.05) is 0 Å². The van der Waals surface area contributed by atoms with Crippen LogP contribution in [0.15, 0.2) is 11.1 Å². The summed E-state index contributed by atoms with van der Waals surface area (Å²) in [6.45, 7) is 1.36. The maximum absolute atomic E-state index is 12.3. The highest BCUT2D eigenvalue weighted by molar-refractivity contribution is 8.13.